The van der Waals surface area contributed by atoms with Crippen LogP contribution in [0.5, 0.6) is 0 Å². The number of fused-ring (bicyclic) bond motifs is 1. The minimum absolute atomic E-state index is 0.115. The van der Waals surface area contributed by atoms with Crippen molar-refractivity contribution in [3.63, 3.8) is 0 Å². The summed E-state index contributed by atoms with van der Waals surface area (Å²) >= 11 is 1.46. The lowest BCUT2D eigenvalue weighted by atomic mass is 9.91. The highest BCUT2D eigenvalue weighted by Crippen LogP contribution is 2.45. The molecule has 1 N–H and O–H groups in total. The van der Waals surface area contributed by atoms with Crippen LogP contribution in [0.4, 0.5) is 0 Å². The third kappa shape index (κ3) is 5.65. The number of pyridine rings is 1. The van der Waals surface area contributed by atoms with E-state index in [4.69, 9.17) is 9.73 Å². The quantitative estimate of drug-likeness (QED) is 0.573. The Hall–Kier alpha value is -3.39. The van der Waals surface area contributed by atoms with E-state index in [1.54, 1.807) is 12.4 Å². The molecule has 2 aliphatic heterocycles. The molecule has 0 spiro atoms. The number of rotatable bonds is 6. The van der Waals surface area contributed by atoms with Crippen LogP contribution in [0.2, 0.25) is 0 Å². The Bertz CT molecular complexity index is 1230. The van der Waals surface area contributed by atoms with Gasteiger partial charge in [0, 0.05) is 24.6 Å². The van der Waals surface area contributed by atoms with E-state index in [2.05, 4.69) is 10.3 Å². The highest BCUT2D eigenvalue weighted by molar-refractivity contribution is 8.16. The van der Waals surface area contributed by atoms with Crippen molar-refractivity contribution in [1.82, 2.24) is 15.2 Å². The molecular weight excluding hydrogens is 460 g/mol. The first-order chi connectivity index (χ1) is 16.6. The first-order valence-electron chi connectivity index (χ1n) is 11.5. The zero-order chi connectivity index (χ0) is 25.2. The number of thioether (sulfide) groups is 1. The van der Waals surface area contributed by atoms with Crippen molar-refractivity contribution < 1.29 is 14.3 Å². The van der Waals surface area contributed by atoms with E-state index >= 15 is 0 Å². The molecule has 2 aliphatic rings. The molecule has 2 aromatic rings. The molecule has 0 aliphatic carbocycles. The Balaban J connectivity index is 1.64. The van der Waals surface area contributed by atoms with Crippen LogP contribution in [0.3, 0.4) is 0 Å². The SMILES string of the molecule is CC1=C(C(=O)OC(C)(C)C)C(c2ccccc2C)N2C(CC(=O)NCc3cccnc3)=CSC2=N1. The zero-order valence-corrected chi connectivity index (χ0v) is 21.5. The molecule has 0 saturated carbocycles. The number of esters is 1. The molecule has 4 rings (SSSR count). The Morgan fingerprint density at radius 2 is 1.91 bits per heavy atom. The van der Waals surface area contributed by atoms with Crippen molar-refractivity contribution in [3.8, 4) is 0 Å². The summed E-state index contributed by atoms with van der Waals surface area (Å²) in [5.74, 6) is -0.515. The number of aliphatic imine (C=N–C) groups is 1. The third-order valence-electron chi connectivity index (χ3n) is 5.66. The topological polar surface area (TPSA) is 83.9 Å². The van der Waals surface area contributed by atoms with Gasteiger partial charge in [0.05, 0.1) is 23.7 Å². The van der Waals surface area contributed by atoms with E-state index in [0.717, 1.165) is 27.6 Å². The Kier molecular flexibility index (Phi) is 7.12. The van der Waals surface area contributed by atoms with Crippen molar-refractivity contribution in [2.75, 3.05) is 0 Å². The van der Waals surface area contributed by atoms with Gasteiger partial charge < -0.3 is 15.0 Å². The number of nitrogens with zero attached hydrogens (tertiary/aromatic N) is 3. The van der Waals surface area contributed by atoms with Crippen molar-refractivity contribution in [3.05, 3.63) is 87.9 Å². The molecule has 0 radical (unpaired) electrons. The summed E-state index contributed by atoms with van der Waals surface area (Å²) in [4.78, 5) is 37.1. The van der Waals surface area contributed by atoms with Crippen molar-refractivity contribution in [2.45, 2.75) is 59.2 Å². The van der Waals surface area contributed by atoms with Crippen molar-refractivity contribution in [1.29, 1.82) is 0 Å². The average Bonchev–Trinajstić information content (AvgIpc) is 3.18. The molecule has 0 fully saturated rings. The summed E-state index contributed by atoms with van der Waals surface area (Å²) in [5.41, 5.74) is 4.21. The number of hydrogen-bond donors (Lipinski definition) is 1. The fourth-order valence-corrected chi connectivity index (χ4v) is 5.05. The maximum atomic E-state index is 13.4. The number of aromatic nitrogens is 1. The van der Waals surface area contributed by atoms with Crippen LogP contribution < -0.4 is 5.32 Å². The van der Waals surface area contributed by atoms with Gasteiger partial charge >= 0.3 is 5.97 Å². The second kappa shape index (κ2) is 10.1. The fraction of sp³-hybridized carbons (Fsp3) is 0.333. The lowest BCUT2D eigenvalue weighted by molar-refractivity contribution is -0.150. The van der Waals surface area contributed by atoms with Gasteiger partial charge in [-0.15, -0.1) is 0 Å². The third-order valence-corrected chi connectivity index (χ3v) is 6.55. The minimum atomic E-state index is -0.644. The molecule has 1 atom stereocenters. The number of amidine groups is 1. The zero-order valence-electron chi connectivity index (χ0n) is 20.7. The van der Waals surface area contributed by atoms with Gasteiger partial charge in [0.15, 0.2) is 5.17 Å². The van der Waals surface area contributed by atoms with Crippen molar-refractivity contribution >= 4 is 28.8 Å². The maximum Gasteiger partial charge on any atom is 0.338 e. The first kappa shape index (κ1) is 24.7. The molecule has 0 saturated heterocycles. The Morgan fingerprint density at radius 1 is 1.14 bits per heavy atom. The summed E-state index contributed by atoms with van der Waals surface area (Å²) in [6.07, 6.45) is 3.59. The smallest absolute Gasteiger partial charge is 0.338 e. The van der Waals surface area contributed by atoms with Crippen LogP contribution in [0.1, 0.15) is 56.8 Å². The molecular formula is C27H30N4O3S. The van der Waals surface area contributed by atoms with Gasteiger partial charge in [0.1, 0.15) is 5.60 Å². The van der Waals surface area contributed by atoms with E-state index in [-0.39, 0.29) is 12.3 Å². The van der Waals surface area contributed by atoms with E-state index in [1.165, 1.54) is 11.8 Å². The van der Waals surface area contributed by atoms with Gasteiger partial charge in [-0.2, -0.15) is 0 Å². The molecule has 0 bridgehead atoms. The summed E-state index contributed by atoms with van der Waals surface area (Å²) in [5, 5.41) is 5.65. The number of aryl methyl sites for hydroxylation is 1. The monoisotopic (exact) mass is 490 g/mol. The van der Waals surface area contributed by atoms with Crippen molar-refractivity contribution in [2.24, 2.45) is 4.99 Å². The predicted molar refractivity (Wildman–Crippen MR) is 138 cm³/mol. The van der Waals surface area contributed by atoms with E-state index in [1.807, 2.05) is 81.3 Å². The average molecular weight is 491 g/mol. The molecule has 1 aromatic carbocycles. The van der Waals surface area contributed by atoms with E-state index < -0.39 is 17.6 Å². The standard InChI is InChI=1S/C27H30N4O3S/c1-17-9-6-7-11-21(17)24-23(25(33)34-27(3,4)5)18(2)30-26-31(24)20(16-35-26)13-22(32)29-15-19-10-8-12-28-14-19/h6-12,14,16,24H,13,15H2,1-5H3,(H,29,32). The van der Waals surface area contributed by atoms with E-state index in [9.17, 15) is 9.59 Å². The molecule has 7 nitrogen and oxygen atoms in total. The first-order valence-corrected chi connectivity index (χ1v) is 12.4. The van der Waals surface area contributed by atoms with Crippen LogP contribution in [-0.2, 0) is 20.9 Å². The largest absolute Gasteiger partial charge is 0.456 e. The van der Waals surface area contributed by atoms with Crippen LogP contribution in [0.15, 0.2) is 76.2 Å². The normalized spacial score (nSPS) is 17.5. The summed E-state index contributed by atoms with van der Waals surface area (Å²) in [6.45, 7) is 9.82. The number of allylic oxidation sites excluding steroid dienone is 1. The molecule has 35 heavy (non-hydrogen) atoms. The lowest BCUT2D eigenvalue weighted by Crippen LogP contribution is -2.39. The summed E-state index contributed by atoms with van der Waals surface area (Å²) in [7, 11) is 0. The second-order valence-electron chi connectivity index (χ2n) is 9.57. The van der Waals surface area contributed by atoms with Crippen LogP contribution in [0, 0.1) is 6.92 Å². The molecule has 182 valence electrons. The number of carbonyl (C=O) groups is 2. The number of carbonyl (C=O) groups excluding carboxylic acids is 2. The highest BCUT2D eigenvalue weighted by Gasteiger charge is 2.42. The molecule has 1 aromatic heterocycles. The molecule has 3 heterocycles. The Morgan fingerprint density at radius 3 is 2.60 bits per heavy atom. The minimum Gasteiger partial charge on any atom is -0.456 e. The number of nitrogens with one attached hydrogen (secondary N) is 1. The fourth-order valence-electron chi connectivity index (χ4n) is 4.08. The van der Waals surface area contributed by atoms with Gasteiger partial charge in [0.25, 0.3) is 0 Å². The van der Waals surface area contributed by atoms with Crippen LogP contribution in [-0.4, -0.2) is 32.5 Å². The summed E-state index contributed by atoms with van der Waals surface area (Å²) in [6, 6.07) is 11.3. The lowest BCUT2D eigenvalue weighted by Gasteiger charge is -2.37. The van der Waals surface area contributed by atoms with Crippen LogP contribution in [0.25, 0.3) is 0 Å². The number of benzene rings is 1. The molecule has 1 amide bonds. The van der Waals surface area contributed by atoms with Gasteiger partial charge in [-0.3, -0.25) is 9.78 Å². The second-order valence-corrected chi connectivity index (χ2v) is 10.4. The number of hydrogen-bond acceptors (Lipinski definition) is 7. The number of amides is 1. The van der Waals surface area contributed by atoms with Gasteiger partial charge in [0.2, 0.25) is 5.91 Å². The number of ether oxygens (including phenoxy) is 1. The molecule has 8 heteroatoms. The van der Waals surface area contributed by atoms with Gasteiger partial charge in [-0.1, -0.05) is 42.1 Å². The maximum absolute atomic E-state index is 13.4. The predicted octanol–water partition coefficient (Wildman–Crippen LogP) is 5.01. The van der Waals surface area contributed by atoms with Gasteiger partial charge in [-0.05, 0) is 62.8 Å². The summed E-state index contributed by atoms with van der Waals surface area (Å²) < 4.78 is 5.79. The van der Waals surface area contributed by atoms with E-state index in [0.29, 0.717) is 17.8 Å². The molecule has 1 unspecified atom stereocenters. The van der Waals surface area contributed by atoms with Gasteiger partial charge in [-0.25, -0.2) is 9.79 Å². The van der Waals surface area contributed by atoms with Crippen LogP contribution >= 0.6 is 11.8 Å². The Labute approximate surface area is 210 Å². The highest BCUT2D eigenvalue weighted by atomic mass is 32.2.